The fraction of sp³-hybridized carbons (Fsp3) is 0.857. The van der Waals surface area contributed by atoms with Gasteiger partial charge in [-0.25, -0.2) is 0 Å². The zero-order valence-electron chi connectivity index (χ0n) is 7.85. The number of aromatic amines is 1. The number of nitrogens with zero attached hydrogens (tertiary/aromatic N) is 4. The molecule has 1 fully saturated rings. The normalized spacial score (nSPS) is 23.9. The number of hydrogen-bond donors (Lipinski definition) is 3. The molecule has 1 aromatic heterocycles. The summed E-state index contributed by atoms with van der Waals surface area (Å²) >= 11 is 0. The van der Waals surface area contributed by atoms with E-state index in [1.54, 1.807) is 0 Å². The minimum atomic E-state index is 0.119. The molecule has 0 amide bonds. The molecule has 78 valence electrons. The van der Waals surface area contributed by atoms with Crippen molar-refractivity contribution in [2.75, 3.05) is 32.8 Å². The largest absolute Gasteiger partial charge is 0.395 e. The first kappa shape index (κ1) is 9.50. The minimum absolute atomic E-state index is 0.119. The first-order valence-electron chi connectivity index (χ1n) is 4.70. The first-order chi connectivity index (χ1) is 6.90. The number of piperazine rings is 1. The molecule has 0 unspecified atom stereocenters. The van der Waals surface area contributed by atoms with Crippen LogP contribution in [0.2, 0.25) is 0 Å². The lowest BCUT2D eigenvalue weighted by molar-refractivity contribution is 0.155. The predicted molar refractivity (Wildman–Crippen MR) is 48.4 cm³/mol. The lowest BCUT2D eigenvalue weighted by Gasteiger charge is -2.31. The van der Waals surface area contributed by atoms with E-state index in [2.05, 4.69) is 30.8 Å². The van der Waals surface area contributed by atoms with Crippen LogP contribution in [-0.4, -0.2) is 63.4 Å². The molecule has 1 aliphatic rings. The maximum absolute atomic E-state index is 8.82. The van der Waals surface area contributed by atoms with Crippen molar-refractivity contribution in [2.45, 2.75) is 6.04 Å². The number of rotatable bonds is 3. The summed E-state index contributed by atoms with van der Waals surface area (Å²) in [5.74, 6) is 0.688. The number of aliphatic hydroxyl groups is 1. The van der Waals surface area contributed by atoms with E-state index in [1.807, 2.05) is 0 Å². The Morgan fingerprint density at radius 1 is 1.57 bits per heavy atom. The highest BCUT2D eigenvalue weighted by Crippen LogP contribution is 2.11. The van der Waals surface area contributed by atoms with Crippen LogP contribution in [-0.2, 0) is 0 Å². The Balaban J connectivity index is 1.94. The number of hydrogen-bond acceptors (Lipinski definition) is 6. The van der Waals surface area contributed by atoms with Crippen LogP contribution < -0.4 is 5.32 Å². The van der Waals surface area contributed by atoms with Crippen LogP contribution in [0.25, 0.3) is 0 Å². The Labute approximate surface area is 81.5 Å². The second-order valence-corrected chi connectivity index (χ2v) is 3.30. The van der Waals surface area contributed by atoms with Crippen molar-refractivity contribution in [3.05, 3.63) is 5.82 Å². The van der Waals surface area contributed by atoms with E-state index >= 15 is 0 Å². The Bertz CT molecular complexity index is 261. The van der Waals surface area contributed by atoms with Crippen LogP contribution in [0, 0.1) is 0 Å². The van der Waals surface area contributed by atoms with Crippen molar-refractivity contribution < 1.29 is 5.11 Å². The zero-order chi connectivity index (χ0) is 9.80. The second kappa shape index (κ2) is 4.45. The highest BCUT2D eigenvalue weighted by Gasteiger charge is 2.22. The van der Waals surface area contributed by atoms with Gasteiger partial charge in [0.1, 0.15) is 0 Å². The fourth-order valence-electron chi connectivity index (χ4n) is 1.65. The van der Waals surface area contributed by atoms with Crippen molar-refractivity contribution >= 4 is 0 Å². The third-order valence-corrected chi connectivity index (χ3v) is 2.35. The van der Waals surface area contributed by atoms with E-state index in [0.717, 1.165) is 19.6 Å². The first-order valence-corrected chi connectivity index (χ1v) is 4.70. The topological polar surface area (TPSA) is 90.0 Å². The van der Waals surface area contributed by atoms with Gasteiger partial charge in [0, 0.05) is 26.2 Å². The van der Waals surface area contributed by atoms with Gasteiger partial charge in [-0.15, -0.1) is 10.2 Å². The number of H-pyrrole nitrogens is 1. The standard InChI is InChI=1S/C7H14N6O/c14-4-3-13-2-1-8-6(5-13)7-9-11-12-10-7/h6,8,14H,1-5H2,(H,9,10,11,12)/t6-/m0/s1. The molecule has 2 heterocycles. The monoisotopic (exact) mass is 198 g/mol. The third kappa shape index (κ3) is 2.06. The Morgan fingerprint density at radius 2 is 2.50 bits per heavy atom. The highest BCUT2D eigenvalue weighted by atomic mass is 16.3. The highest BCUT2D eigenvalue weighted by molar-refractivity contribution is 4.93. The quantitative estimate of drug-likeness (QED) is 0.527. The molecule has 0 bridgehead atoms. The summed E-state index contributed by atoms with van der Waals surface area (Å²) in [6, 6.07) is 0.119. The zero-order valence-corrected chi connectivity index (χ0v) is 7.85. The van der Waals surface area contributed by atoms with Crippen LogP contribution in [0.3, 0.4) is 0 Å². The van der Waals surface area contributed by atoms with Crippen molar-refractivity contribution in [3.8, 4) is 0 Å². The fourth-order valence-corrected chi connectivity index (χ4v) is 1.65. The van der Waals surface area contributed by atoms with Gasteiger partial charge in [-0.2, -0.15) is 5.21 Å². The van der Waals surface area contributed by atoms with Gasteiger partial charge in [-0.05, 0) is 0 Å². The van der Waals surface area contributed by atoms with Gasteiger partial charge in [-0.1, -0.05) is 5.21 Å². The van der Waals surface area contributed by atoms with Crippen molar-refractivity contribution in [3.63, 3.8) is 0 Å². The molecule has 1 atom stereocenters. The van der Waals surface area contributed by atoms with Crippen LogP contribution in [0.4, 0.5) is 0 Å². The van der Waals surface area contributed by atoms with Gasteiger partial charge < -0.3 is 10.4 Å². The summed E-state index contributed by atoms with van der Waals surface area (Å²) < 4.78 is 0. The van der Waals surface area contributed by atoms with E-state index in [1.165, 1.54) is 0 Å². The lowest BCUT2D eigenvalue weighted by Crippen LogP contribution is -2.47. The molecule has 1 aliphatic heterocycles. The van der Waals surface area contributed by atoms with Crippen LogP contribution in [0.15, 0.2) is 0 Å². The SMILES string of the molecule is OCCN1CCN[C@H](c2nn[nH]n2)C1. The molecule has 0 spiro atoms. The van der Waals surface area contributed by atoms with Crippen LogP contribution in [0.1, 0.15) is 11.9 Å². The average Bonchev–Trinajstić information content (AvgIpc) is 2.71. The number of aliphatic hydroxyl groups excluding tert-OH is 1. The molecule has 0 aliphatic carbocycles. The van der Waals surface area contributed by atoms with E-state index in [0.29, 0.717) is 12.4 Å². The molecule has 0 saturated carbocycles. The van der Waals surface area contributed by atoms with Crippen LogP contribution in [0.5, 0.6) is 0 Å². The summed E-state index contributed by atoms with van der Waals surface area (Å²) in [6.45, 7) is 3.56. The third-order valence-electron chi connectivity index (χ3n) is 2.35. The summed E-state index contributed by atoms with van der Waals surface area (Å²) in [5.41, 5.74) is 0. The number of aromatic nitrogens is 4. The van der Waals surface area contributed by atoms with Gasteiger partial charge >= 0.3 is 0 Å². The summed E-state index contributed by atoms with van der Waals surface area (Å²) in [6.07, 6.45) is 0. The van der Waals surface area contributed by atoms with Gasteiger partial charge in [0.25, 0.3) is 0 Å². The van der Waals surface area contributed by atoms with Gasteiger partial charge in [0.05, 0.1) is 12.6 Å². The molecule has 14 heavy (non-hydrogen) atoms. The Hall–Kier alpha value is -1.05. The smallest absolute Gasteiger partial charge is 0.192 e. The van der Waals surface area contributed by atoms with E-state index in [-0.39, 0.29) is 12.6 Å². The average molecular weight is 198 g/mol. The Kier molecular flexibility index (Phi) is 3.02. The second-order valence-electron chi connectivity index (χ2n) is 3.30. The van der Waals surface area contributed by atoms with Crippen molar-refractivity contribution in [2.24, 2.45) is 0 Å². The summed E-state index contributed by atoms with van der Waals surface area (Å²) in [4.78, 5) is 2.18. The molecule has 1 aromatic rings. The molecule has 3 N–H and O–H groups in total. The number of β-amino-alcohol motifs (C(OH)–C–C–N with tert-alkyl or cyclic N) is 1. The lowest BCUT2D eigenvalue weighted by atomic mass is 10.2. The number of tetrazole rings is 1. The van der Waals surface area contributed by atoms with E-state index < -0.39 is 0 Å². The molecule has 7 nitrogen and oxygen atoms in total. The molecule has 2 rings (SSSR count). The minimum Gasteiger partial charge on any atom is -0.395 e. The van der Waals surface area contributed by atoms with Crippen molar-refractivity contribution in [1.29, 1.82) is 0 Å². The predicted octanol–water partition coefficient (Wildman–Crippen LogP) is -1.86. The van der Waals surface area contributed by atoms with Gasteiger partial charge in [-0.3, -0.25) is 4.90 Å². The van der Waals surface area contributed by atoms with Crippen LogP contribution >= 0.6 is 0 Å². The number of nitrogens with one attached hydrogen (secondary N) is 2. The molecular weight excluding hydrogens is 184 g/mol. The van der Waals surface area contributed by atoms with E-state index in [9.17, 15) is 0 Å². The summed E-state index contributed by atoms with van der Waals surface area (Å²) in [7, 11) is 0. The maximum atomic E-state index is 8.82. The van der Waals surface area contributed by atoms with Gasteiger partial charge in [0.2, 0.25) is 0 Å². The Morgan fingerprint density at radius 3 is 3.21 bits per heavy atom. The molecule has 0 aromatic carbocycles. The summed E-state index contributed by atoms with van der Waals surface area (Å²) in [5, 5.41) is 26.0. The van der Waals surface area contributed by atoms with E-state index in [4.69, 9.17) is 5.11 Å². The molecule has 0 radical (unpaired) electrons. The van der Waals surface area contributed by atoms with Crippen molar-refractivity contribution in [1.82, 2.24) is 30.8 Å². The van der Waals surface area contributed by atoms with Gasteiger partial charge in [0.15, 0.2) is 5.82 Å². The molecule has 1 saturated heterocycles. The molecular formula is C7H14N6O. The maximum Gasteiger partial charge on any atom is 0.192 e. The molecule has 7 heteroatoms.